The molecule has 10 heteroatoms. The van der Waals surface area contributed by atoms with Crippen LogP contribution in [0.5, 0.6) is 0 Å². The summed E-state index contributed by atoms with van der Waals surface area (Å²) in [7, 11) is 0. The largest absolute Gasteiger partial charge is 0.335 e. The molecule has 0 aliphatic rings. The van der Waals surface area contributed by atoms with E-state index < -0.39 is 0 Å². The van der Waals surface area contributed by atoms with Gasteiger partial charge in [0.15, 0.2) is 11.5 Å². The zero-order chi connectivity index (χ0) is 26.2. The van der Waals surface area contributed by atoms with Crippen molar-refractivity contribution < 1.29 is 9.18 Å². The Morgan fingerprint density at radius 2 is 1.92 bits per heavy atom. The van der Waals surface area contributed by atoms with Crippen LogP contribution in [-0.4, -0.2) is 41.0 Å². The first-order valence-corrected chi connectivity index (χ1v) is 12.2. The summed E-state index contributed by atoms with van der Waals surface area (Å²) >= 11 is 0. The lowest BCUT2D eigenvalue weighted by Crippen LogP contribution is -2.13. The zero-order valence-corrected chi connectivity index (χ0v) is 20.7. The highest BCUT2D eigenvalue weighted by Crippen LogP contribution is 2.32. The van der Waals surface area contributed by atoms with Gasteiger partial charge in [-0.1, -0.05) is 32.0 Å². The molecular formula is C28H23FN8O. The number of hydrogen-bond acceptors (Lipinski definition) is 6. The molecule has 5 aromatic heterocycles. The minimum absolute atomic E-state index is 0.0623. The lowest BCUT2D eigenvalue weighted by molar-refractivity contribution is -0.116. The fourth-order valence-corrected chi connectivity index (χ4v) is 4.41. The average Bonchev–Trinajstić information content (AvgIpc) is 3.52. The third-order valence-corrected chi connectivity index (χ3v) is 6.14. The molecule has 5 heterocycles. The predicted molar refractivity (Wildman–Crippen MR) is 143 cm³/mol. The Morgan fingerprint density at radius 3 is 2.76 bits per heavy atom. The summed E-state index contributed by atoms with van der Waals surface area (Å²) in [5.41, 5.74) is 5.51. The van der Waals surface area contributed by atoms with Crippen molar-refractivity contribution in [3.63, 3.8) is 0 Å². The van der Waals surface area contributed by atoms with Gasteiger partial charge in [0.25, 0.3) is 0 Å². The Kier molecular flexibility index (Phi) is 5.83. The number of hydrogen-bond donors (Lipinski definition) is 3. The SMILES string of the molecule is CC(C)CC(=O)Nc1cncc(-c2cc3c(-c4nc5nccc(-c6ccccc6F)c5[nH]4)n[nH]c3cn2)c1. The maximum absolute atomic E-state index is 14.5. The van der Waals surface area contributed by atoms with Gasteiger partial charge in [-0.25, -0.2) is 14.4 Å². The fraction of sp³-hybridized carbons (Fsp3) is 0.143. The minimum atomic E-state index is -0.326. The highest BCUT2D eigenvalue weighted by Gasteiger charge is 2.18. The van der Waals surface area contributed by atoms with Gasteiger partial charge in [0.2, 0.25) is 5.91 Å². The number of rotatable bonds is 6. The van der Waals surface area contributed by atoms with E-state index in [0.717, 1.165) is 16.5 Å². The number of imidazole rings is 1. The van der Waals surface area contributed by atoms with Crippen LogP contribution in [0.15, 0.2) is 67.3 Å². The van der Waals surface area contributed by atoms with E-state index >= 15 is 0 Å². The number of amides is 1. The van der Waals surface area contributed by atoms with Gasteiger partial charge in [-0.05, 0) is 30.2 Å². The molecule has 0 fully saturated rings. The normalized spacial score (nSPS) is 11.5. The first kappa shape index (κ1) is 23.4. The Labute approximate surface area is 216 Å². The van der Waals surface area contributed by atoms with Gasteiger partial charge in [0.1, 0.15) is 11.5 Å². The zero-order valence-electron chi connectivity index (χ0n) is 20.7. The van der Waals surface area contributed by atoms with Gasteiger partial charge in [0.05, 0.1) is 34.8 Å². The van der Waals surface area contributed by atoms with Crippen molar-refractivity contribution >= 4 is 33.7 Å². The predicted octanol–water partition coefficient (Wildman–Crippen LogP) is 5.75. The van der Waals surface area contributed by atoms with E-state index in [0.29, 0.717) is 51.6 Å². The van der Waals surface area contributed by atoms with E-state index in [1.807, 2.05) is 26.0 Å². The molecule has 0 saturated heterocycles. The second-order valence-electron chi connectivity index (χ2n) is 9.42. The third kappa shape index (κ3) is 4.36. The molecule has 1 amide bonds. The Balaban J connectivity index is 1.39. The summed E-state index contributed by atoms with van der Waals surface area (Å²) in [4.78, 5) is 33.3. The molecule has 1 aromatic carbocycles. The number of nitrogens with zero attached hydrogens (tertiary/aromatic N) is 5. The first-order valence-electron chi connectivity index (χ1n) is 12.2. The van der Waals surface area contributed by atoms with Crippen molar-refractivity contribution in [3.8, 4) is 33.9 Å². The smallest absolute Gasteiger partial charge is 0.224 e. The number of fused-ring (bicyclic) bond motifs is 2. The summed E-state index contributed by atoms with van der Waals surface area (Å²) in [6, 6.07) is 12.1. The molecule has 0 unspecified atom stereocenters. The van der Waals surface area contributed by atoms with Gasteiger partial charge in [-0.2, -0.15) is 5.10 Å². The van der Waals surface area contributed by atoms with Crippen LogP contribution in [-0.2, 0) is 4.79 Å². The van der Waals surface area contributed by atoms with E-state index in [4.69, 9.17) is 0 Å². The van der Waals surface area contributed by atoms with Crippen LogP contribution in [0.3, 0.4) is 0 Å². The van der Waals surface area contributed by atoms with Crippen molar-refractivity contribution in [1.29, 1.82) is 0 Å². The Bertz CT molecular complexity index is 1810. The van der Waals surface area contributed by atoms with Crippen LogP contribution in [0, 0.1) is 11.7 Å². The molecule has 3 N–H and O–H groups in total. The quantitative estimate of drug-likeness (QED) is 0.264. The lowest BCUT2D eigenvalue weighted by atomic mass is 10.1. The second-order valence-corrected chi connectivity index (χ2v) is 9.42. The number of benzene rings is 1. The van der Waals surface area contributed by atoms with Crippen LogP contribution in [0.2, 0.25) is 0 Å². The molecule has 6 aromatic rings. The Morgan fingerprint density at radius 1 is 1.05 bits per heavy atom. The van der Waals surface area contributed by atoms with Crippen LogP contribution in [0.25, 0.3) is 56.0 Å². The van der Waals surface area contributed by atoms with Crippen molar-refractivity contribution in [2.45, 2.75) is 20.3 Å². The van der Waals surface area contributed by atoms with Crippen molar-refractivity contribution in [3.05, 3.63) is 73.1 Å². The van der Waals surface area contributed by atoms with E-state index in [1.54, 1.807) is 49.1 Å². The molecule has 0 atom stereocenters. The maximum atomic E-state index is 14.5. The number of H-pyrrole nitrogens is 2. The molecule has 6 rings (SSSR count). The van der Waals surface area contributed by atoms with E-state index in [2.05, 4.69) is 40.4 Å². The molecule has 0 radical (unpaired) electrons. The maximum Gasteiger partial charge on any atom is 0.224 e. The van der Waals surface area contributed by atoms with E-state index in [9.17, 15) is 9.18 Å². The topological polar surface area (TPSA) is 125 Å². The lowest BCUT2D eigenvalue weighted by Gasteiger charge is -2.08. The molecule has 0 spiro atoms. The van der Waals surface area contributed by atoms with Crippen molar-refractivity contribution in [2.75, 3.05) is 5.32 Å². The number of aromatic amines is 2. The van der Waals surface area contributed by atoms with Gasteiger partial charge >= 0.3 is 0 Å². The van der Waals surface area contributed by atoms with E-state index in [1.165, 1.54) is 6.07 Å². The van der Waals surface area contributed by atoms with Crippen molar-refractivity contribution in [2.24, 2.45) is 5.92 Å². The highest BCUT2D eigenvalue weighted by molar-refractivity contribution is 5.97. The second kappa shape index (κ2) is 9.47. The number of carbonyl (C=O) groups is 1. The summed E-state index contributed by atoms with van der Waals surface area (Å²) in [6.07, 6.45) is 7.03. The van der Waals surface area contributed by atoms with Crippen molar-refractivity contribution in [1.82, 2.24) is 35.1 Å². The first-order chi connectivity index (χ1) is 18.5. The third-order valence-electron chi connectivity index (χ3n) is 6.14. The van der Waals surface area contributed by atoms with Gasteiger partial charge in [-0.3, -0.25) is 19.9 Å². The molecule has 0 aliphatic carbocycles. The van der Waals surface area contributed by atoms with Crippen LogP contribution >= 0.6 is 0 Å². The fourth-order valence-electron chi connectivity index (χ4n) is 4.41. The molecule has 188 valence electrons. The number of aromatic nitrogens is 7. The van der Waals surface area contributed by atoms with Gasteiger partial charge in [0, 0.05) is 40.9 Å². The van der Waals surface area contributed by atoms with E-state index in [-0.39, 0.29) is 17.6 Å². The molecule has 38 heavy (non-hydrogen) atoms. The summed E-state index contributed by atoms with van der Waals surface area (Å²) in [5, 5.41) is 11.1. The van der Waals surface area contributed by atoms with Gasteiger partial charge < -0.3 is 10.3 Å². The number of anilines is 1. The highest BCUT2D eigenvalue weighted by atomic mass is 19.1. The molecule has 0 saturated carbocycles. The standard InChI is InChI=1S/C28H23FN8O/c1-15(2)9-24(38)33-17-10-16(12-30-13-17)22-11-20-23(14-32-22)36-37-26(20)28-34-25-19(7-8-31-27(25)35-28)18-5-3-4-6-21(18)29/h3-8,10-15H,9H2,1-2H3,(H,33,38)(H,36,37)(H,31,34,35). The molecule has 0 bridgehead atoms. The summed E-state index contributed by atoms with van der Waals surface area (Å²) in [6.45, 7) is 3.99. The number of nitrogens with one attached hydrogen (secondary N) is 3. The summed E-state index contributed by atoms with van der Waals surface area (Å²) < 4.78 is 14.5. The minimum Gasteiger partial charge on any atom is -0.335 e. The molecular weight excluding hydrogens is 483 g/mol. The monoisotopic (exact) mass is 506 g/mol. The number of pyridine rings is 3. The van der Waals surface area contributed by atoms with Crippen LogP contribution in [0.1, 0.15) is 20.3 Å². The Hall–Kier alpha value is -4.99. The van der Waals surface area contributed by atoms with Crippen LogP contribution in [0.4, 0.5) is 10.1 Å². The summed E-state index contributed by atoms with van der Waals surface area (Å²) in [5.74, 6) is 0.361. The van der Waals surface area contributed by atoms with Crippen LogP contribution < -0.4 is 5.32 Å². The number of halogens is 1. The number of carbonyl (C=O) groups excluding carboxylic acids is 1. The molecule has 0 aliphatic heterocycles. The molecule has 9 nitrogen and oxygen atoms in total. The van der Waals surface area contributed by atoms with Gasteiger partial charge in [-0.15, -0.1) is 0 Å². The average molecular weight is 507 g/mol.